The summed E-state index contributed by atoms with van der Waals surface area (Å²) in [5.41, 5.74) is 5.76. The summed E-state index contributed by atoms with van der Waals surface area (Å²) in [6.07, 6.45) is 1.08. The molecule has 0 saturated carbocycles. The van der Waals surface area contributed by atoms with Gasteiger partial charge in [-0.15, -0.1) is 11.3 Å². The van der Waals surface area contributed by atoms with Crippen molar-refractivity contribution in [2.75, 3.05) is 11.1 Å². The fourth-order valence-corrected chi connectivity index (χ4v) is 2.67. The molecule has 2 aromatic rings. The summed E-state index contributed by atoms with van der Waals surface area (Å²) < 4.78 is 0. The van der Waals surface area contributed by atoms with Crippen molar-refractivity contribution >= 4 is 23.0 Å². The number of thiophene rings is 1. The van der Waals surface area contributed by atoms with Crippen LogP contribution in [0.5, 0.6) is 0 Å². The van der Waals surface area contributed by atoms with E-state index >= 15 is 0 Å². The van der Waals surface area contributed by atoms with Crippen LogP contribution in [0.15, 0.2) is 18.2 Å². The summed E-state index contributed by atoms with van der Waals surface area (Å²) in [5.74, 6) is 2.06. The van der Waals surface area contributed by atoms with Gasteiger partial charge in [0.1, 0.15) is 17.5 Å². The van der Waals surface area contributed by atoms with Gasteiger partial charge in [-0.25, -0.2) is 9.97 Å². The van der Waals surface area contributed by atoms with Crippen molar-refractivity contribution in [3.8, 4) is 0 Å². The van der Waals surface area contributed by atoms with Crippen molar-refractivity contribution in [1.82, 2.24) is 9.97 Å². The number of hydrogen-bond acceptors (Lipinski definition) is 5. The maximum Gasteiger partial charge on any atom is 0.138 e. The Balaban J connectivity index is 2.11. The summed E-state index contributed by atoms with van der Waals surface area (Å²) in [6.45, 7) is 9.18. The molecule has 0 amide bonds. The third kappa shape index (κ3) is 3.70. The second-order valence-electron chi connectivity index (χ2n) is 5.83. The van der Waals surface area contributed by atoms with E-state index in [2.05, 4.69) is 55.1 Å². The molecule has 108 valence electrons. The van der Waals surface area contributed by atoms with E-state index in [1.807, 2.05) is 11.3 Å². The zero-order valence-corrected chi connectivity index (χ0v) is 13.3. The molecular weight excluding hydrogens is 268 g/mol. The van der Waals surface area contributed by atoms with Crippen LogP contribution in [0.2, 0.25) is 0 Å². The van der Waals surface area contributed by atoms with Gasteiger partial charge in [0.15, 0.2) is 0 Å². The first-order valence-electron chi connectivity index (χ1n) is 6.85. The highest BCUT2D eigenvalue weighted by Crippen LogP contribution is 2.22. The van der Waals surface area contributed by atoms with Gasteiger partial charge in [0, 0.05) is 21.2 Å². The standard InChI is InChI=1S/C15H22N4S/c1-5-10-6-7-11(20-10)9-17-13-8-12(16)18-14(19-13)15(2,3)4/h6-8H,5,9H2,1-4H3,(H3,16,17,18,19). The number of nitrogens with two attached hydrogens (primary N) is 1. The lowest BCUT2D eigenvalue weighted by molar-refractivity contribution is 0.547. The van der Waals surface area contributed by atoms with Crippen LogP contribution in [0.25, 0.3) is 0 Å². The first-order chi connectivity index (χ1) is 9.38. The molecule has 0 aliphatic rings. The minimum absolute atomic E-state index is 0.107. The Hall–Kier alpha value is -1.62. The van der Waals surface area contributed by atoms with Crippen molar-refractivity contribution in [3.05, 3.63) is 33.8 Å². The highest BCUT2D eigenvalue weighted by molar-refractivity contribution is 7.12. The molecule has 0 unspecified atom stereocenters. The molecule has 0 atom stereocenters. The summed E-state index contributed by atoms with van der Waals surface area (Å²) in [5, 5.41) is 3.33. The van der Waals surface area contributed by atoms with E-state index in [1.165, 1.54) is 9.75 Å². The molecular formula is C15H22N4S. The largest absolute Gasteiger partial charge is 0.384 e. The molecule has 0 radical (unpaired) electrons. The number of aryl methyl sites for hydroxylation is 1. The maximum absolute atomic E-state index is 5.86. The molecule has 0 fully saturated rings. The monoisotopic (exact) mass is 290 g/mol. The normalized spacial score (nSPS) is 11.6. The van der Waals surface area contributed by atoms with E-state index < -0.39 is 0 Å². The van der Waals surface area contributed by atoms with Gasteiger partial charge in [-0.1, -0.05) is 27.7 Å². The number of nitrogens with zero attached hydrogens (tertiary/aromatic N) is 2. The topological polar surface area (TPSA) is 63.8 Å². The Bertz CT molecular complexity index is 584. The van der Waals surface area contributed by atoms with Crippen LogP contribution in [-0.2, 0) is 18.4 Å². The second kappa shape index (κ2) is 5.79. The lowest BCUT2D eigenvalue weighted by Crippen LogP contribution is -2.18. The van der Waals surface area contributed by atoms with Gasteiger partial charge < -0.3 is 11.1 Å². The van der Waals surface area contributed by atoms with Crippen LogP contribution in [0.1, 0.15) is 43.3 Å². The van der Waals surface area contributed by atoms with E-state index in [1.54, 1.807) is 6.07 Å². The van der Waals surface area contributed by atoms with Gasteiger partial charge in [0.25, 0.3) is 0 Å². The summed E-state index contributed by atoms with van der Waals surface area (Å²) in [6, 6.07) is 6.12. The maximum atomic E-state index is 5.86. The molecule has 0 saturated heterocycles. The Morgan fingerprint density at radius 3 is 2.50 bits per heavy atom. The van der Waals surface area contributed by atoms with Gasteiger partial charge >= 0.3 is 0 Å². The van der Waals surface area contributed by atoms with Crippen molar-refractivity contribution in [1.29, 1.82) is 0 Å². The second-order valence-corrected chi connectivity index (χ2v) is 7.08. The molecule has 2 heterocycles. The van der Waals surface area contributed by atoms with Gasteiger partial charge in [-0.05, 0) is 18.6 Å². The molecule has 20 heavy (non-hydrogen) atoms. The number of rotatable bonds is 4. The summed E-state index contributed by atoms with van der Waals surface area (Å²) in [7, 11) is 0. The fraction of sp³-hybridized carbons (Fsp3) is 0.467. The van der Waals surface area contributed by atoms with E-state index in [0.29, 0.717) is 5.82 Å². The summed E-state index contributed by atoms with van der Waals surface area (Å²) >= 11 is 1.83. The molecule has 2 aromatic heterocycles. The van der Waals surface area contributed by atoms with E-state index in [9.17, 15) is 0 Å². The van der Waals surface area contributed by atoms with Crippen LogP contribution in [-0.4, -0.2) is 9.97 Å². The van der Waals surface area contributed by atoms with Gasteiger partial charge in [-0.3, -0.25) is 0 Å². The Morgan fingerprint density at radius 1 is 1.20 bits per heavy atom. The average molecular weight is 290 g/mol. The Morgan fingerprint density at radius 2 is 1.90 bits per heavy atom. The van der Waals surface area contributed by atoms with E-state index in [0.717, 1.165) is 24.6 Å². The SMILES string of the molecule is CCc1ccc(CNc2cc(N)nc(C(C)(C)C)n2)s1. The molecule has 0 aromatic carbocycles. The number of anilines is 2. The van der Waals surface area contributed by atoms with E-state index in [-0.39, 0.29) is 5.41 Å². The number of hydrogen-bond donors (Lipinski definition) is 2. The first-order valence-corrected chi connectivity index (χ1v) is 7.66. The Labute approximate surface area is 124 Å². The van der Waals surface area contributed by atoms with Gasteiger partial charge in [-0.2, -0.15) is 0 Å². The van der Waals surface area contributed by atoms with Crippen molar-refractivity contribution in [2.24, 2.45) is 0 Å². The number of nitrogen functional groups attached to an aromatic ring is 1. The average Bonchev–Trinajstić information content (AvgIpc) is 2.82. The lowest BCUT2D eigenvalue weighted by Gasteiger charge is -2.18. The first kappa shape index (κ1) is 14.8. The van der Waals surface area contributed by atoms with Gasteiger partial charge in [0.05, 0.1) is 6.54 Å². The third-order valence-corrected chi connectivity index (χ3v) is 4.16. The van der Waals surface area contributed by atoms with Crippen LogP contribution >= 0.6 is 11.3 Å². The molecule has 2 rings (SSSR count). The van der Waals surface area contributed by atoms with Crippen LogP contribution < -0.4 is 11.1 Å². The molecule has 4 nitrogen and oxygen atoms in total. The molecule has 3 N–H and O–H groups in total. The Kier molecular flexibility index (Phi) is 4.28. The molecule has 0 bridgehead atoms. The predicted molar refractivity (Wildman–Crippen MR) is 86.2 cm³/mol. The van der Waals surface area contributed by atoms with Crippen molar-refractivity contribution < 1.29 is 0 Å². The van der Waals surface area contributed by atoms with Crippen molar-refractivity contribution in [3.63, 3.8) is 0 Å². The van der Waals surface area contributed by atoms with Crippen LogP contribution in [0.3, 0.4) is 0 Å². The van der Waals surface area contributed by atoms with Crippen LogP contribution in [0, 0.1) is 0 Å². The summed E-state index contributed by atoms with van der Waals surface area (Å²) in [4.78, 5) is 11.6. The quantitative estimate of drug-likeness (QED) is 0.903. The smallest absolute Gasteiger partial charge is 0.138 e. The molecule has 0 spiro atoms. The highest BCUT2D eigenvalue weighted by atomic mass is 32.1. The predicted octanol–water partition coefficient (Wildman–Crippen LogP) is 3.59. The third-order valence-electron chi connectivity index (χ3n) is 2.93. The highest BCUT2D eigenvalue weighted by Gasteiger charge is 2.18. The lowest BCUT2D eigenvalue weighted by atomic mass is 9.96. The molecule has 0 aliphatic carbocycles. The van der Waals surface area contributed by atoms with E-state index in [4.69, 9.17) is 5.73 Å². The van der Waals surface area contributed by atoms with Crippen molar-refractivity contribution in [2.45, 2.75) is 46.1 Å². The molecule has 5 heteroatoms. The zero-order chi connectivity index (χ0) is 14.8. The minimum Gasteiger partial charge on any atom is -0.384 e. The number of nitrogens with one attached hydrogen (secondary N) is 1. The minimum atomic E-state index is -0.107. The fourth-order valence-electron chi connectivity index (χ4n) is 1.78. The van der Waals surface area contributed by atoms with Gasteiger partial charge in [0.2, 0.25) is 0 Å². The zero-order valence-electron chi connectivity index (χ0n) is 12.5. The molecule has 0 aliphatic heterocycles. The van der Waals surface area contributed by atoms with Crippen LogP contribution in [0.4, 0.5) is 11.6 Å². The number of aromatic nitrogens is 2.